The van der Waals surface area contributed by atoms with E-state index in [-0.39, 0.29) is 18.3 Å². The number of carbonyl (C=O) groups excluding carboxylic acids is 1. The molecule has 1 aromatic rings. The zero-order chi connectivity index (χ0) is 17.4. The minimum atomic E-state index is -1.32. The Morgan fingerprint density at radius 1 is 1.39 bits per heavy atom. The highest BCUT2D eigenvalue weighted by atomic mass is 19.1. The third kappa shape index (κ3) is 3.88. The number of likely N-dealkylation sites (tertiary alicyclic amines) is 1. The van der Waals surface area contributed by atoms with E-state index in [2.05, 4.69) is 4.98 Å². The summed E-state index contributed by atoms with van der Waals surface area (Å²) in [6.45, 7) is 7.34. The second kappa shape index (κ2) is 6.02. The molecule has 2 atom stereocenters. The van der Waals surface area contributed by atoms with Crippen LogP contribution in [0.3, 0.4) is 0 Å². The standard InChI is InChI=1S/C15H19FN2O5/c1-8-11(7-18(8)14(21)23-15(2,3)4)22-10-6-5-9(13(19)20)17-12(10)16/h5-6,8,11H,7H2,1-4H3,(H,19,20)/t8-,11+/m1/s1. The Hall–Kier alpha value is -2.38. The van der Waals surface area contributed by atoms with Crippen LogP contribution < -0.4 is 4.74 Å². The predicted molar refractivity (Wildman–Crippen MR) is 78.0 cm³/mol. The number of aromatic carboxylic acids is 1. The number of carboxylic acid groups (broad SMARTS) is 1. The minimum absolute atomic E-state index is 0.143. The quantitative estimate of drug-likeness (QED) is 0.857. The largest absolute Gasteiger partial charge is 0.482 e. The van der Waals surface area contributed by atoms with Gasteiger partial charge in [-0.05, 0) is 39.8 Å². The van der Waals surface area contributed by atoms with Gasteiger partial charge in [0.2, 0.25) is 0 Å². The van der Waals surface area contributed by atoms with Crippen LogP contribution in [0.15, 0.2) is 12.1 Å². The van der Waals surface area contributed by atoms with Gasteiger partial charge in [0.05, 0.1) is 12.6 Å². The van der Waals surface area contributed by atoms with Crippen LogP contribution in [0.4, 0.5) is 9.18 Å². The lowest BCUT2D eigenvalue weighted by Crippen LogP contribution is -2.63. The van der Waals surface area contributed by atoms with Gasteiger partial charge in [-0.15, -0.1) is 0 Å². The average molecular weight is 326 g/mol. The van der Waals surface area contributed by atoms with Gasteiger partial charge in [0, 0.05) is 0 Å². The third-order valence-electron chi connectivity index (χ3n) is 3.35. The molecule has 2 rings (SSSR count). The number of pyridine rings is 1. The maximum Gasteiger partial charge on any atom is 0.410 e. The molecule has 1 aliphatic heterocycles. The molecule has 0 aromatic carbocycles. The first-order valence-electron chi connectivity index (χ1n) is 7.14. The molecule has 0 bridgehead atoms. The smallest absolute Gasteiger partial charge is 0.410 e. The Morgan fingerprint density at radius 2 is 2.04 bits per heavy atom. The topological polar surface area (TPSA) is 89.0 Å². The minimum Gasteiger partial charge on any atom is -0.482 e. The monoisotopic (exact) mass is 326 g/mol. The van der Waals surface area contributed by atoms with E-state index in [1.165, 1.54) is 11.0 Å². The lowest BCUT2D eigenvalue weighted by Gasteiger charge is -2.45. The Bertz CT molecular complexity index is 629. The first-order valence-corrected chi connectivity index (χ1v) is 7.14. The van der Waals surface area contributed by atoms with E-state index >= 15 is 0 Å². The first kappa shape index (κ1) is 17.0. The first-order chi connectivity index (χ1) is 10.6. The summed E-state index contributed by atoms with van der Waals surface area (Å²) in [5, 5.41) is 8.74. The van der Waals surface area contributed by atoms with E-state index in [1.54, 1.807) is 27.7 Å². The number of aromatic nitrogens is 1. The fourth-order valence-electron chi connectivity index (χ4n) is 2.06. The van der Waals surface area contributed by atoms with Gasteiger partial charge in [-0.25, -0.2) is 14.6 Å². The molecule has 126 valence electrons. The third-order valence-corrected chi connectivity index (χ3v) is 3.35. The second-order valence-corrected chi connectivity index (χ2v) is 6.32. The van der Waals surface area contributed by atoms with Crippen LogP contribution in [0, 0.1) is 5.95 Å². The van der Waals surface area contributed by atoms with Crippen LogP contribution in [0.1, 0.15) is 38.2 Å². The van der Waals surface area contributed by atoms with Crippen LogP contribution in [-0.2, 0) is 4.74 Å². The Kier molecular flexibility index (Phi) is 4.44. The highest BCUT2D eigenvalue weighted by Crippen LogP contribution is 2.27. The molecule has 23 heavy (non-hydrogen) atoms. The van der Waals surface area contributed by atoms with Gasteiger partial charge < -0.3 is 14.6 Å². The summed E-state index contributed by atoms with van der Waals surface area (Å²) >= 11 is 0. The van der Waals surface area contributed by atoms with E-state index in [9.17, 15) is 14.0 Å². The molecule has 1 N–H and O–H groups in total. The molecule has 0 saturated carbocycles. The van der Waals surface area contributed by atoms with Crippen LogP contribution in [0.25, 0.3) is 0 Å². The van der Waals surface area contributed by atoms with Crippen molar-refractivity contribution in [3.8, 4) is 5.75 Å². The number of hydrogen-bond donors (Lipinski definition) is 1. The molecule has 0 aliphatic carbocycles. The number of hydrogen-bond acceptors (Lipinski definition) is 5. The summed E-state index contributed by atoms with van der Waals surface area (Å²) in [5.74, 6) is -2.45. The van der Waals surface area contributed by atoms with Crippen molar-refractivity contribution < 1.29 is 28.6 Å². The van der Waals surface area contributed by atoms with E-state index in [1.807, 2.05) is 0 Å². The molecule has 8 heteroatoms. The van der Waals surface area contributed by atoms with Crippen LogP contribution in [0.2, 0.25) is 0 Å². The summed E-state index contributed by atoms with van der Waals surface area (Å²) in [4.78, 5) is 27.4. The summed E-state index contributed by atoms with van der Waals surface area (Å²) in [6, 6.07) is 2.09. The predicted octanol–water partition coefficient (Wildman–Crippen LogP) is 2.31. The van der Waals surface area contributed by atoms with Gasteiger partial charge >= 0.3 is 12.1 Å². The van der Waals surface area contributed by atoms with Crippen molar-refractivity contribution >= 4 is 12.1 Å². The molecule has 1 amide bonds. The molecule has 1 fully saturated rings. The van der Waals surface area contributed by atoms with Gasteiger partial charge in [-0.1, -0.05) is 0 Å². The zero-order valence-corrected chi connectivity index (χ0v) is 13.4. The number of halogens is 1. The number of carboxylic acids is 1. The molecule has 0 unspecified atom stereocenters. The molecule has 1 aliphatic rings. The average Bonchev–Trinajstić information content (AvgIpc) is 2.41. The Labute approximate surface area is 133 Å². The summed E-state index contributed by atoms with van der Waals surface area (Å²) in [7, 11) is 0. The molecule has 1 saturated heterocycles. The lowest BCUT2D eigenvalue weighted by atomic mass is 10.0. The Balaban J connectivity index is 1.97. The van der Waals surface area contributed by atoms with Gasteiger partial charge in [-0.3, -0.25) is 4.90 Å². The summed E-state index contributed by atoms with van der Waals surface area (Å²) < 4.78 is 24.4. The molecule has 0 spiro atoms. The van der Waals surface area contributed by atoms with Crippen LogP contribution in [0.5, 0.6) is 5.75 Å². The van der Waals surface area contributed by atoms with Crippen LogP contribution in [-0.4, -0.2) is 51.3 Å². The lowest BCUT2D eigenvalue weighted by molar-refractivity contribution is -0.0547. The van der Waals surface area contributed by atoms with Gasteiger partial charge in [0.15, 0.2) is 11.4 Å². The number of ether oxygens (including phenoxy) is 2. The van der Waals surface area contributed by atoms with Crippen molar-refractivity contribution in [3.63, 3.8) is 0 Å². The van der Waals surface area contributed by atoms with Gasteiger partial charge in [-0.2, -0.15) is 4.39 Å². The fraction of sp³-hybridized carbons (Fsp3) is 0.533. The number of carbonyl (C=O) groups is 2. The highest BCUT2D eigenvalue weighted by molar-refractivity contribution is 5.85. The maximum atomic E-state index is 13.7. The SMILES string of the molecule is C[C@@H]1[C@@H](Oc2ccc(C(=O)O)nc2F)CN1C(=O)OC(C)(C)C. The van der Waals surface area contributed by atoms with E-state index in [4.69, 9.17) is 14.6 Å². The summed E-state index contributed by atoms with van der Waals surface area (Å²) in [6.07, 6.45) is -0.862. The van der Waals surface area contributed by atoms with Crippen molar-refractivity contribution in [1.29, 1.82) is 0 Å². The van der Waals surface area contributed by atoms with Crippen molar-refractivity contribution in [2.75, 3.05) is 6.54 Å². The molecule has 7 nitrogen and oxygen atoms in total. The number of nitrogens with zero attached hydrogens (tertiary/aromatic N) is 2. The van der Waals surface area contributed by atoms with Crippen LogP contribution >= 0.6 is 0 Å². The molecule has 0 radical (unpaired) electrons. The molecular weight excluding hydrogens is 307 g/mol. The summed E-state index contributed by atoms with van der Waals surface area (Å²) in [5.41, 5.74) is -0.988. The molecular formula is C15H19FN2O5. The van der Waals surface area contributed by atoms with Crippen molar-refractivity contribution in [1.82, 2.24) is 9.88 Å². The zero-order valence-electron chi connectivity index (χ0n) is 13.4. The second-order valence-electron chi connectivity index (χ2n) is 6.32. The van der Waals surface area contributed by atoms with Crippen molar-refractivity contribution in [3.05, 3.63) is 23.8 Å². The van der Waals surface area contributed by atoms with E-state index < -0.39 is 35.4 Å². The van der Waals surface area contributed by atoms with Crippen molar-refractivity contribution in [2.45, 2.75) is 45.4 Å². The Morgan fingerprint density at radius 3 is 2.52 bits per heavy atom. The van der Waals surface area contributed by atoms with Crippen molar-refractivity contribution in [2.24, 2.45) is 0 Å². The number of rotatable bonds is 3. The molecule has 1 aromatic heterocycles. The fourth-order valence-corrected chi connectivity index (χ4v) is 2.06. The van der Waals surface area contributed by atoms with E-state index in [0.717, 1.165) is 6.07 Å². The molecule has 2 heterocycles. The number of amides is 1. The van der Waals surface area contributed by atoms with E-state index in [0.29, 0.717) is 0 Å². The highest BCUT2D eigenvalue weighted by Gasteiger charge is 2.42. The maximum absolute atomic E-state index is 13.7. The normalized spacial score (nSPS) is 20.7. The van der Waals surface area contributed by atoms with Gasteiger partial charge in [0.1, 0.15) is 11.7 Å². The van der Waals surface area contributed by atoms with Gasteiger partial charge in [0.25, 0.3) is 5.95 Å².